The second-order valence-corrected chi connectivity index (χ2v) is 4.53. The second kappa shape index (κ2) is 5.74. The lowest BCUT2D eigenvalue weighted by Gasteiger charge is -2.36. The fourth-order valence-corrected chi connectivity index (χ4v) is 2.30. The number of hydrogen-bond acceptors (Lipinski definition) is 6. The summed E-state index contributed by atoms with van der Waals surface area (Å²) in [4.78, 5) is 24.0. The summed E-state index contributed by atoms with van der Waals surface area (Å²) in [5, 5.41) is 16.5. The van der Waals surface area contributed by atoms with Gasteiger partial charge in [-0.1, -0.05) is 0 Å². The maximum atomic E-state index is 11.9. The molecular formula is C12H17N5O3. The molecule has 1 amide bonds. The number of rotatable bonds is 3. The van der Waals surface area contributed by atoms with Crippen molar-refractivity contribution in [1.29, 1.82) is 0 Å². The van der Waals surface area contributed by atoms with Crippen molar-refractivity contribution in [3.63, 3.8) is 0 Å². The zero-order valence-corrected chi connectivity index (χ0v) is 11.1. The lowest BCUT2D eigenvalue weighted by atomic mass is 10.1. The minimum absolute atomic E-state index is 0.0988. The van der Waals surface area contributed by atoms with Crippen LogP contribution < -0.4 is 21.3 Å². The van der Waals surface area contributed by atoms with Crippen molar-refractivity contribution in [2.45, 2.75) is 6.04 Å². The molecule has 1 aliphatic rings. The molecule has 1 unspecified atom stereocenters. The molecule has 0 aliphatic carbocycles. The van der Waals surface area contributed by atoms with E-state index in [0.29, 0.717) is 18.8 Å². The number of nitrogens with two attached hydrogens (primary N) is 1. The van der Waals surface area contributed by atoms with E-state index in [2.05, 4.69) is 10.6 Å². The van der Waals surface area contributed by atoms with E-state index < -0.39 is 4.92 Å². The van der Waals surface area contributed by atoms with Crippen molar-refractivity contribution < 1.29 is 9.72 Å². The van der Waals surface area contributed by atoms with Gasteiger partial charge in [0.15, 0.2) is 0 Å². The quantitative estimate of drug-likeness (QED) is 0.398. The third kappa shape index (κ3) is 2.64. The summed E-state index contributed by atoms with van der Waals surface area (Å²) in [6.07, 6.45) is 0. The Hall–Kier alpha value is -2.35. The van der Waals surface area contributed by atoms with Crippen molar-refractivity contribution >= 4 is 23.0 Å². The molecule has 1 fully saturated rings. The summed E-state index contributed by atoms with van der Waals surface area (Å²) in [7, 11) is 1.58. The van der Waals surface area contributed by atoms with E-state index in [-0.39, 0.29) is 23.3 Å². The van der Waals surface area contributed by atoms with Gasteiger partial charge in [0.05, 0.1) is 4.92 Å². The van der Waals surface area contributed by atoms with E-state index in [1.54, 1.807) is 19.2 Å². The zero-order chi connectivity index (χ0) is 14.7. The summed E-state index contributed by atoms with van der Waals surface area (Å²) in [5.74, 6) is -0.103. The molecule has 0 radical (unpaired) electrons. The number of piperazine rings is 1. The third-order valence-corrected chi connectivity index (χ3v) is 3.33. The van der Waals surface area contributed by atoms with Crippen LogP contribution in [0.25, 0.3) is 0 Å². The van der Waals surface area contributed by atoms with Gasteiger partial charge in [0.1, 0.15) is 11.7 Å². The molecule has 2 rings (SSSR count). The average Bonchev–Trinajstić information content (AvgIpc) is 2.46. The first-order valence-electron chi connectivity index (χ1n) is 6.27. The summed E-state index contributed by atoms with van der Waals surface area (Å²) in [6.45, 7) is 1.90. The first-order valence-corrected chi connectivity index (χ1v) is 6.27. The number of carbonyl (C=O) groups is 1. The zero-order valence-electron chi connectivity index (χ0n) is 11.1. The maximum Gasteiger partial charge on any atom is 0.292 e. The standard InChI is InChI=1S/C12H17N5O3/c1-14-12(18)11-7-15-4-5-16(11)8-2-3-10(17(19)20)9(13)6-8/h2-3,6,11,15H,4-5,7,13H2,1H3,(H,14,18). The average molecular weight is 279 g/mol. The molecule has 1 aliphatic heterocycles. The summed E-state index contributed by atoms with van der Waals surface area (Å²) >= 11 is 0. The van der Waals surface area contributed by atoms with Crippen LogP contribution in [0.2, 0.25) is 0 Å². The fraction of sp³-hybridized carbons (Fsp3) is 0.417. The predicted octanol–water partition coefficient (Wildman–Crippen LogP) is -0.299. The predicted molar refractivity (Wildman–Crippen MR) is 75.6 cm³/mol. The molecule has 1 heterocycles. The van der Waals surface area contributed by atoms with Crippen LogP contribution in [0.3, 0.4) is 0 Å². The minimum atomic E-state index is -0.521. The molecule has 0 aromatic heterocycles. The van der Waals surface area contributed by atoms with Gasteiger partial charge < -0.3 is 21.3 Å². The lowest BCUT2D eigenvalue weighted by Crippen LogP contribution is -2.57. The van der Waals surface area contributed by atoms with Gasteiger partial charge in [-0.2, -0.15) is 0 Å². The minimum Gasteiger partial charge on any atom is -0.393 e. The van der Waals surface area contributed by atoms with Crippen LogP contribution in [0.1, 0.15) is 0 Å². The van der Waals surface area contributed by atoms with Gasteiger partial charge in [0, 0.05) is 38.4 Å². The topological polar surface area (TPSA) is 114 Å². The Labute approximate surface area is 116 Å². The highest BCUT2D eigenvalue weighted by atomic mass is 16.6. The molecule has 1 atom stereocenters. The molecule has 20 heavy (non-hydrogen) atoms. The number of carbonyl (C=O) groups excluding carboxylic acids is 1. The van der Waals surface area contributed by atoms with Gasteiger partial charge in [0.2, 0.25) is 5.91 Å². The molecule has 1 saturated heterocycles. The van der Waals surface area contributed by atoms with Gasteiger partial charge in [0.25, 0.3) is 5.69 Å². The van der Waals surface area contributed by atoms with E-state index in [1.807, 2.05) is 4.90 Å². The largest absolute Gasteiger partial charge is 0.393 e. The molecule has 8 nitrogen and oxygen atoms in total. The van der Waals surface area contributed by atoms with Gasteiger partial charge in [-0.3, -0.25) is 14.9 Å². The monoisotopic (exact) mass is 279 g/mol. The van der Waals surface area contributed by atoms with E-state index in [1.165, 1.54) is 6.07 Å². The molecule has 1 aromatic rings. The second-order valence-electron chi connectivity index (χ2n) is 4.53. The highest BCUT2D eigenvalue weighted by Gasteiger charge is 2.28. The van der Waals surface area contributed by atoms with E-state index >= 15 is 0 Å². The summed E-state index contributed by atoms with van der Waals surface area (Å²) in [5.41, 5.74) is 6.38. The number of nitro benzene ring substituents is 1. The van der Waals surface area contributed by atoms with Crippen LogP contribution in [0.5, 0.6) is 0 Å². The van der Waals surface area contributed by atoms with Gasteiger partial charge >= 0.3 is 0 Å². The van der Waals surface area contributed by atoms with Crippen LogP contribution in [0.4, 0.5) is 17.1 Å². The van der Waals surface area contributed by atoms with E-state index in [9.17, 15) is 14.9 Å². The Balaban J connectivity index is 2.31. The van der Waals surface area contributed by atoms with Crippen molar-refractivity contribution in [2.24, 2.45) is 0 Å². The Morgan fingerprint density at radius 2 is 2.35 bits per heavy atom. The normalized spacial score (nSPS) is 18.6. The fourth-order valence-electron chi connectivity index (χ4n) is 2.30. The number of nitrogen functional groups attached to an aromatic ring is 1. The Kier molecular flexibility index (Phi) is 4.04. The Morgan fingerprint density at radius 3 is 2.95 bits per heavy atom. The van der Waals surface area contributed by atoms with Crippen LogP contribution in [0.15, 0.2) is 18.2 Å². The first-order chi connectivity index (χ1) is 9.54. The number of likely N-dealkylation sites (N-methyl/N-ethyl adjacent to an activating group) is 1. The number of hydrogen-bond donors (Lipinski definition) is 3. The smallest absolute Gasteiger partial charge is 0.292 e. The van der Waals surface area contributed by atoms with Crippen molar-refractivity contribution in [2.75, 3.05) is 37.3 Å². The first kappa shape index (κ1) is 14.1. The Bertz CT molecular complexity index is 534. The van der Waals surface area contributed by atoms with Crippen LogP contribution in [-0.2, 0) is 4.79 Å². The molecule has 108 valence electrons. The number of anilines is 2. The molecule has 8 heteroatoms. The number of amides is 1. The van der Waals surface area contributed by atoms with Crippen molar-refractivity contribution in [3.8, 4) is 0 Å². The highest BCUT2D eigenvalue weighted by molar-refractivity contribution is 5.86. The number of benzene rings is 1. The van der Waals surface area contributed by atoms with Crippen LogP contribution >= 0.6 is 0 Å². The molecule has 4 N–H and O–H groups in total. The molecule has 0 spiro atoms. The number of nitrogens with zero attached hydrogens (tertiary/aromatic N) is 2. The molecule has 0 saturated carbocycles. The van der Waals surface area contributed by atoms with Gasteiger partial charge in [-0.25, -0.2) is 0 Å². The van der Waals surface area contributed by atoms with E-state index in [0.717, 1.165) is 6.54 Å². The molecule has 0 bridgehead atoms. The number of nitro groups is 1. The van der Waals surface area contributed by atoms with Crippen LogP contribution in [-0.4, -0.2) is 43.6 Å². The maximum absolute atomic E-state index is 11.9. The van der Waals surface area contributed by atoms with Crippen molar-refractivity contribution in [3.05, 3.63) is 28.3 Å². The summed E-state index contributed by atoms with van der Waals surface area (Å²) < 4.78 is 0. The molecular weight excluding hydrogens is 262 g/mol. The van der Waals surface area contributed by atoms with Gasteiger partial charge in [-0.05, 0) is 12.1 Å². The van der Waals surface area contributed by atoms with Gasteiger partial charge in [-0.15, -0.1) is 0 Å². The lowest BCUT2D eigenvalue weighted by molar-refractivity contribution is -0.383. The third-order valence-electron chi connectivity index (χ3n) is 3.33. The van der Waals surface area contributed by atoms with Crippen LogP contribution in [0, 0.1) is 10.1 Å². The SMILES string of the molecule is CNC(=O)C1CNCCN1c1ccc([N+](=O)[O-])c(N)c1. The number of nitrogens with one attached hydrogen (secondary N) is 2. The Morgan fingerprint density at radius 1 is 1.60 bits per heavy atom. The van der Waals surface area contributed by atoms with Crippen molar-refractivity contribution in [1.82, 2.24) is 10.6 Å². The molecule has 1 aromatic carbocycles. The van der Waals surface area contributed by atoms with E-state index in [4.69, 9.17) is 5.73 Å². The summed E-state index contributed by atoms with van der Waals surface area (Å²) in [6, 6.07) is 4.18. The highest BCUT2D eigenvalue weighted by Crippen LogP contribution is 2.28.